The van der Waals surface area contributed by atoms with E-state index in [4.69, 9.17) is 4.74 Å². The molecule has 4 rings (SSSR count). The van der Waals surface area contributed by atoms with Crippen molar-refractivity contribution < 1.29 is 9.53 Å². The van der Waals surface area contributed by atoms with Crippen LogP contribution in [0.1, 0.15) is 46.5 Å². The zero-order valence-electron chi connectivity index (χ0n) is 14.3. The van der Waals surface area contributed by atoms with Crippen LogP contribution in [0.5, 0.6) is 0 Å². The molecule has 0 N–H and O–H groups in total. The van der Waals surface area contributed by atoms with Gasteiger partial charge in [0.1, 0.15) is 0 Å². The number of carbonyl (C=O) groups is 1. The van der Waals surface area contributed by atoms with Gasteiger partial charge in [-0.1, -0.05) is 26.8 Å². The van der Waals surface area contributed by atoms with Crippen LogP contribution in [0.3, 0.4) is 0 Å². The Bertz CT molecular complexity index is 496. The van der Waals surface area contributed by atoms with Gasteiger partial charge >= 0.3 is 5.97 Å². The van der Waals surface area contributed by atoms with Crippen LogP contribution in [-0.2, 0) is 9.53 Å². The lowest BCUT2D eigenvalue weighted by atomic mass is 9.61. The Kier molecular flexibility index (Phi) is 3.43. The predicted octanol–water partition coefficient (Wildman–Crippen LogP) is 4.31. The standard InChI is InChI=1S/C20H30O2/c1-5-14-11(4)15-8-17(14)18-12-6-13(16(7-12)19(15)18)9-22-20(21)10(2)3/h11-19H,2,5-9H2,1,3-4H3. The van der Waals surface area contributed by atoms with E-state index in [2.05, 4.69) is 20.4 Å². The van der Waals surface area contributed by atoms with Crippen LogP contribution < -0.4 is 0 Å². The van der Waals surface area contributed by atoms with Crippen molar-refractivity contribution in [3.05, 3.63) is 12.2 Å². The Morgan fingerprint density at radius 1 is 1.14 bits per heavy atom. The van der Waals surface area contributed by atoms with E-state index in [1.807, 2.05) is 0 Å². The lowest BCUT2D eigenvalue weighted by Crippen LogP contribution is -2.40. The van der Waals surface area contributed by atoms with Crippen molar-refractivity contribution in [3.63, 3.8) is 0 Å². The van der Waals surface area contributed by atoms with Crippen molar-refractivity contribution in [2.24, 2.45) is 53.3 Å². The molecule has 22 heavy (non-hydrogen) atoms. The third-order valence-electron chi connectivity index (χ3n) is 7.95. The molecule has 4 bridgehead atoms. The molecule has 4 aliphatic rings. The molecular formula is C20H30O2. The summed E-state index contributed by atoms with van der Waals surface area (Å²) >= 11 is 0. The first-order valence-corrected chi connectivity index (χ1v) is 9.35. The normalized spacial score (nSPS) is 51.1. The van der Waals surface area contributed by atoms with Gasteiger partial charge in [0.15, 0.2) is 0 Å². The molecule has 0 spiro atoms. The summed E-state index contributed by atoms with van der Waals surface area (Å²) in [6.07, 6.45) is 5.60. The first-order chi connectivity index (χ1) is 10.5. The number of hydrogen-bond acceptors (Lipinski definition) is 2. The highest BCUT2D eigenvalue weighted by Crippen LogP contribution is 2.71. The highest BCUT2D eigenvalue weighted by atomic mass is 16.5. The maximum absolute atomic E-state index is 11.7. The smallest absolute Gasteiger partial charge is 0.333 e. The minimum absolute atomic E-state index is 0.202. The van der Waals surface area contributed by atoms with Gasteiger partial charge in [-0.2, -0.15) is 0 Å². The number of hydrogen-bond donors (Lipinski definition) is 0. The van der Waals surface area contributed by atoms with E-state index in [-0.39, 0.29) is 5.97 Å². The maximum Gasteiger partial charge on any atom is 0.333 e. The Morgan fingerprint density at radius 3 is 2.59 bits per heavy atom. The highest BCUT2D eigenvalue weighted by Gasteiger charge is 2.66. The lowest BCUT2D eigenvalue weighted by Gasteiger charge is -2.44. The fraction of sp³-hybridized carbons (Fsp3) is 0.850. The zero-order chi connectivity index (χ0) is 15.6. The van der Waals surface area contributed by atoms with Gasteiger partial charge in [-0.3, -0.25) is 0 Å². The minimum Gasteiger partial charge on any atom is -0.462 e. The van der Waals surface area contributed by atoms with Crippen molar-refractivity contribution in [2.45, 2.75) is 46.5 Å². The molecule has 0 saturated heterocycles. The summed E-state index contributed by atoms with van der Waals surface area (Å²) in [5.41, 5.74) is 0.528. The van der Waals surface area contributed by atoms with Gasteiger partial charge in [0.05, 0.1) is 6.61 Å². The van der Waals surface area contributed by atoms with Crippen molar-refractivity contribution >= 4 is 5.97 Å². The number of fused-ring (bicyclic) bond motifs is 9. The molecule has 2 heteroatoms. The van der Waals surface area contributed by atoms with Crippen LogP contribution in [0.4, 0.5) is 0 Å². The number of carbonyl (C=O) groups excluding carboxylic acids is 1. The molecule has 4 saturated carbocycles. The third kappa shape index (κ3) is 1.88. The molecular weight excluding hydrogens is 272 g/mol. The average Bonchev–Trinajstić information content (AvgIpc) is 3.20. The second-order valence-corrected chi connectivity index (χ2v) is 8.68. The molecule has 2 nitrogen and oxygen atoms in total. The predicted molar refractivity (Wildman–Crippen MR) is 87.0 cm³/mol. The number of esters is 1. The molecule has 0 heterocycles. The van der Waals surface area contributed by atoms with E-state index in [1.165, 1.54) is 25.7 Å². The van der Waals surface area contributed by atoms with E-state index in [9.17, 15) is 4.79 Å². The van der Waals surface area contributed by atoms with Gasteiger partial charge in [0, 0.05) is 5.57 Å². The summed E-state index contributed by atoms with van der Waals surface area (Å²) in [5, 5.41) is 0. The molecule has 0 aromatic heterocycles. The van der Waals surface area contributed by atoms with Crippen molar-refractivity contribution in [1.82, 2.24) is 0 Å². The maximum atomic E-state index is 11.7. The van der Waals surface area contributed by atoms with Gasteiger partial charge in [-0.15, -0.1) is 0 Å². The largest absolute Gasteiger partial charge is 0.462 e. The second-order valence-electron chi connectivity index (χ2n) is 8.68. The van der Waals surface area contributed by atoms with Crippen LogP contribution in [0.25, 0.3) is 0 Å². The highest BCUT2D eigenvalue weighted by molar-refractivity contribution is 5.86. The molecule has 9 atom stereocenters. The molecule has 122 valence electrons. The molecule has 4 aliphatic carbocycles. The van der Waals surface area contributed by atoms with Crippen LogP contribution in [0.15, 0.2) is 12.2 Å². The molecule has 9 unspecified atom stereocenters. The second kappa shape index (κ2) is 5.11. The Labute approximate surface area is 134 Å². The number of ether oxygens (including phenoxy) is 1. The van der Waals surface area contributed by atoms with Crippen LogP contribution >= 0.6 is 0 Å². The molecule has 0 aromatic carbocycles. The molecule has 0 aromatic rings. The van der Waals surface area contributed by atoms with E-state index in [1.54, 1.807) is 6.92 Å². The van der Waals surface area contributed by atoms with Crippen molar-refractivity contribution in [3.8, 4) is 0 Å². The molecule has 0 amide bonds. The average molecular weight is 302 g/mol. The SMILES string of the molecule is C=C(C)C(=O)OCC1CC2CC1C1C3CC(C(CC)C3C)C21. The fourth-order valence-corrected chi connectivity index (χ4v) is 7.36. The topological polar surface area (TPSA) is 26.3 Å². The first-order valence-electron chi connectivity index (χ1n) is 9.35. The summed E-state index contributed by atoms with van der Waals surface area (Å²) in [5.74, 6) is 8.06. The van der Waals surface area contributed by atoms with Gasteiger partial charge in [-0.25, -0.2) is 4.79 Å². The van der Waals surface area contributed by atoms with Gasteiger partial charge < -0.3 is 4.74 Å². The Hall–Kier alpha value is -0.790. The van der Waals surface area contributed by atoms with Crippen LogP contribution in [0.2, 0.25) is 0 Å². The van der Waals surface area contributed by atoms with E-state index >= 15 is 0 Å². The molecule has 0 aliphatic heterocycles. The van der Waals surface area contributed by atoms with Crippen molar-refractivity contribution in [1.29, 1.82) is 0 Å². The molecule has 0 radical (unpaired) electrons. The van der Waals surface area contributed by atoms with Crippen LogP contribution in [-0.4, -0.2) is 12.6 Å². The zero-order valence-corrected chi connectivity index (χ0v) is 14.3. The summed E-state index contributed by atoms with van der Waals surface area (Å²) in [6, 6.07) is 0. The van der Waals surface area contributed by atoms with E-state index in [0.29, 0.717) is 18.1 Å². The summed E-state index contributed by atoms with van der Waals surface area (Å²) in [6.45, 7) is 11.0. The third-order valence-corrected chi connectivity index (χ3v) is 7.95. The molecule has 4 fully saturated rings. The van der Waals surface area contributed by atoms with Gasteiger partial charge in [0.25, 0.3) is 0 Å². The minimum atomic E-state index is -0.202. The summed E-state index contributed by atoms with van der Waals surface area (Å²) in [7, 11) is 0. The monoisotopic (exact) mass is 302 g/mol. The van der Waals surface area contributed by atoms with Gasteiger partial charge in [-0.05, 0) is 79.4 Å². The van der Waals surface area contributed by atoms with Crippen LogP contribution in [0, 0.1) is 53.3 Å². The summed E-state index contributed by atoms with van der Waals surface area (Å²) < 4.78 is 5.50. The van der Waals surface area contributed by atoms with E-state index < -0.39 is 0 Å². The quantitative estimate of drug-likeness (QED) is 0.439. The lowest BCUT2D eigenvalue weighted by molar-refractivity contribution is -0.141. The fourth-order valence-electron chi connectivity index (χ4n) is 7.36. The van der Waals surface area contributed by atoms with Crippen molar-refractivity contribution in [2.75, 3.05) is 6.61 Å². The number of rotatable bonds is 4. The Morgan fingerprint density at radius 2 is 1.91 bits per heavy atom. The van der Waals surface area contributed by atoms with Gasteiger partial charge in [0.2, 0.25) is 0 Å². The van der Waals surface area contributed by atoms with E-state index in [0.717, 1.165) is 47.3 Å². The Balaban J connectivity index is 1.45. The first kappa shape index (κ1) is 14.8. The summed E-state index contributed by atoms with van der Waals surface area (Å²) in [4.78, 5) is 11.7.